The van der Waals surface area contributed by atoms with Gasteiger partial charge in [-0.2, -0.15) is 0 Å². The van der Waals surface area contributed by atoms with Crippen LogP contribution in [0.15, 0.2) is 6.07 Å². The average Bonchev–Trinajstić information content (AvgIpc) is 3.07. The molecule has 1 aromatic rings. The minimum absolute atomic E-state index is 0.0196. The van der Waals surface area contributed by atoms with Crippen molar-refractivity contribution in [3.63, 3.8) is 0 Å². The first-order valence-electron chi connectivity index (χ1n) is 12.4. The molecule has 8 heteroatoms. The largest absolute Gasteiger partial charge is 0.465 e. The molecule has 0 aliphatic carbocycles. The zero-order chi connectivity index (χ0) is 24.5. The molecule has 3 aliphatic heterocycles. The Labute approximate surface area is 200 Å². The van der Waals surface area contributed by atoms with Crippen LogP contribution < -0.4 is 9.47 Å². The van der Waals surface area contributed by atoms with Crippen LogP contribution in [0.3, 0.4) is 0 Å². The summed E-state index contributed by atoms with van der Waals surface area (Å²) in [5, 5.41) is 9.51. The highest BCUT2D eigenvalue weighted by Crippen LogP contribution is 2.56. The summed E-state index contributed by atoms with van der Waals surface area (Å²) in [6, 6.07) is 1.77. The van der Waals surface area contributed by atoms with Crippen LogP contribution in [-0.2, 0) is 25.4 Å². The van der Waals surface area contributed by atoms with Crippen LogP contribution >= 0.6 is 0 Å². The van der Waals surface area contributed by atoms with E-state index in [1.165, 1.54) is 14.0 Å². The van der Waals surface area contributed by atoms with Crippen LogP contribution in [0.5, 0.6) is 11.5 Å². The molecule has 3 heterocycles. The lowest BCUT2D eigenvalue weighted by molar-refractivity contribution is -0.214. The normalized spacial score (nSPS) is 29.4. The highest BCUT2D eigenvalue weighted by Gasteiger charge is 2.56. The number of hydrogen-bond donors (Lipinski definition) is 1. The Morgan fingerprint density at radius 2 is 2.06 bits per heavy atom. The summed E-state index contributed by atoms with van der Waals surface area (Å²) in [5.41, 5.74) is 1.86. The second kappa shape index (κ2) is 10.2. The Balaban J connectivity index is 1.81. The van der Waals surface area contributed by atoms with Crippen molar-refractivity contribution in [2.75, 3.05) is 20.3 Å². The third-order valence-electron chi connectivity index (χ3n) is 7.46. The average molecular weight is 477 g/mol. The number of aliphatic hydroxyl groups excluding tert-OH is 1. The van der Waals surface area contributed by atoms with Crippen molar-refractivity contribution < 1.29 is 38.4 Å². The Hall–Kier alpha value is -2.16. The van der Waals surface area contributed by atoms with Crippen molar-refractivity contribution >= 4 is 11.9 Å². The number of rotatable bonds is 8. The van der Waals surface area contributed by atoms with Crippen molar-refractivity contribution in [3.8, 4) is 11.5 Å². The van der Waals surface area contributed by atoms with Gasteiger partial charge < -0.3 is 28.8 Å². The van der Waals surface area contributed by atoms with Crippen molar-refractivity contribution in [3.05, 3.63) is 22.8 Å². The number of methoxy groups -OCH3 is 1. The number of esters is 2. The maximum Gasteiger partial charge on any atom is 0.345 e. The lowest BCUT2D eigenvalue weighted by atomic mass is 9.79. The Morgan fingerprint density at radius 1 is 1.26 bits per heavy atom. The first-order valence-corrected chi connectivity index (χ1v) is 12.4. The van der Waals surface area contributed by atoms with Gasteiger partial charge >= 0.3 is 11.9 Å². The quantitative estimate of drug-likeness (QED) is 0.340. The van der Waals surface area contributed by atoms with E-state index in [0.29, 0.717) is 31.6 Å². The summed E-state index contributed by atoms with van der Waals surface area (Å²) in [4.78, 5) is 24.8. The number of carbonyl (C=O) groups excluding carboxylic acids is 2. The third kappa shape index (κ3) is 4.55. The molecule has 1 spiro atoms. The van der Waals surface area contributed by atoms with E-state index in [-0.39, 0.29) is 42.0 Å². The van der Waals surface area contributed by atoms with E-state index in [0.717, 1.165) is 36.8 Å². The van der Waals surface area contributed by atoms with Crippen molar-refractivity contribution in [1.82, 2.24) is 0 Å². The molecule has 5 atom stereocenters. The maximum atomic E-state index is 12.9. The number of hydrogen-bond acceptors (Lipinski definition) is 8. The summed E-state index contributed by atoms with van der Waals surface area (Å²) in [6.07, 6.45) is 5.72. The lowest BCUT2D eigenvalue weighted by Gasteiger charge is -2.46. The molecule has 1 N–H and O–H groups in total. The second-order valence-corrected chi connectivity index (χ2v) is 9.67. The predicted octanol–water partition coefficient (Wildman–Crippen LogP) is 4.10. The SMILES string of the molecule is CCCCC[C@@H]1Cc2cc(OC(C)=O)c(C(=O)OC)c3c2[C@H](C[C@]2(OC[C@@H](CCO)[C@@H]2C)O3)O1. The third-order valence-corrected chi connectivity index (χ3v) is 7.46. The minimum atomic E-state index is -1.00. The molecule has 3 aliphatic rings. The topological polar surface area (TPSA) is 101 Å². The van der Waals surface area contributed by atoms with Gasteiger partial charge in [0.15, 0.2) is 0 Å². The lowest BCUT2D eigenvalue weighted by Crippen LogP contribution is -2.48. The molecular formula is C26H36O8. The van der Waals surface area contributed by atoms with Gasteiger partial charge in [-0.1, -0.05) is 33.1 Å². The van der Waals surface area contributed by atoms with Crippen molar-refractivity contribution in [2.24, 2.45) is 11.8 Å². The van der Waals surface area contributed by atoms with Gasteiger partial charge in [0.05, 0.1) is 25.9 Å². The molecule has 1 fully saturated rings. The molecule has 0 bridgehead atoms. The zero-order valence-electron chi connectivity index (χ0n) is 20.6. The number of carbonyl (C=O) groups is 2. The second-order valence-electron chi connectivity index (χ2n) is 9.67. The van der Waals surface area contributed by atoms with Gasteiger partial charge in [0.1, 0.15) is 17.1 Å². The van der Waals surface area contributed by atoms with Gasteiger partial charge in [0.25, 0.3) is 0 Å². The smallest absolute Gasteiger partial charge is 0.345 e. The first-order chi connectivity index (χ1) is 16.3. The van der Waals surface area contributed by atoms with E-state index >= 15 is 0 Å². The summed E-state index contributed by atoms with van der Waals surface area (Å²) in [5.74, 6) is -1.64. The van der Waals surface area contributed by atoms with E-state index in [1.807, 2.05) is 0 Å². The fourth-order valence-electron chi connectivity index (χ4n) is 5.62. The van der Waals surface area contributed by atoms with Gasteiger partial charge in [-0.15, -0.1) is 0 Å². The molecule has 8 nitrogen and oxygen atoms in total. The molecule has 34 heavy (non-hydrogen) atoms. The van der Waals surface area contributed by atoms with Crippen LogP contribution in [0.1, 0.15) is 86.9 Å². The van der Waals surface area contributed by atoms with E-state index in [2.05, 4.69) is 13.8 Å². The highest BCUT2D eigenvalue weighted by molar-refractivity contribution is 5.97. The zero-order valence-corrected chi connectivity index (χ0v) is 20.6. The molecule has 0 amide bonds. The van der Waals surface area contributed by atoms with Crippen LogP contribution in [0.2, 0.25) is 0 Å². The summed E-state index contributed by atoms with van der Waals surface area (Å²) >= 11 is 0. The van der Waals surface area contributed by atoms with Gasteiger partial charge in [-0.25, -0.2) is 4.79 Å². The number of benzene rings is 1. The highest BCUT2D eigenvalue weighted by atomic mass is 16.7. The monoisotopic (exact) mass is 476 g/mol. The van der Waals surface area contributed by atoms with E-state index in [1.54, 1.807) is 6.07 Å². The number of unbranched alkanes of at least 4 members (excludes halogenated alkanes) is 2. The Bertz CT molecular complexity index is 928. The summed E-state index contributed by atoms with van der Waals surface area (Å²) in [7, 11) is 1.29. The van der Waals surface area contributed by atoms with Gasteiger partial charge in [0.2, 0.25) is 5.79 Å². The van der Waals surface area contributed by atoms with Crippen LogP contribution in [0.4, 0.5) is 0 Å². The van der Waals surface area contributed by atoms with Crippen molar-refractivity contribution in [1.29, 1.82) is 0 Å². The molecule has 4 rings (SSSR count). The molecule has 0 saturated carbocycles. The first kappa shape index (κ1) is 24.9. The fourth-order valence-corrected chi connectivity index (χ4v) is 5.62. The number of ether oxygens (including phenoxy) is 5. The predicted molar refractivity (Wildman–Crippen MR) is 123 cm³/mol. The molecule has 188 valence electrons. The van der Waals surface area contributed by atoms with Crippen molar-refractivity contribution in [2.45, 2.75) is 83.7 Å². The van der Waals surface area contributed by atoms with Crippen LogP contribution in [-0.4, -0.2) is 49.3 Å². The van der Waals surface area contributed by atoms with Crippen LogP contribution in [0, 0.1) is 11.8 Å². The van der Waals surface area contributed by atoms with E-state index < -0.39 is 17.7 Å². The molecule has 0 aromatic heterocycles. The minimum Gasteiger partial charge on any atom is -0.465 e. The Morgan fingerprint density at radius 3 is 2.74 bits per heavy atom. The number of aliphatic hydroxyl groups is 1. The standard InChI is InChI=1S/C26H36O8/c1-5-6-7-8-19-11-18-12-20(32-16(3)28)23(25(29)30-4)24-22(18)21(33-19)13-26(34-24)15(2)17(9-10-27)14-31-26/h12,15,17,19,21,27H,5-11,13-14H2,1-4H3/t15-,17+,19+,21-,26-/m0/s1. The van der Waals surface area contributed by atoms with Crippen LogP contribution in [0.25, 0.3) is 0 Å². The maximum absolute atomic E-state index is 12.9. The Kier molecular flexibility index (Phi) is 7.50. The molecule has 0 unspecified atom stereocenters. The molecule has 1 aromatic carbocycles. The molecular weight excluding hydrogens is 440 g/mol. The summed E-state index contributed by atoms with van der Waals surface area (Å²) in [6.45, 7) is 6.04. The summed E-state index contributed by atoms with van der Waals surface area (Å²) < 4.78 is 29.9. The van der Waals surface area contributed by atoms with Gasteiger partial charge in [0, 0.05) is 31.4 Å². The molecule has 0 radical (unpaired) electrons. The van der Waals surface area contributed by atoms with E-state index in [9.17, 15) is 14.7 Å². The van der Waals surface area contributed by atoms with E-state index in [4.69, 9.17) is 23.7 Å². The molecule has 1 saturated heterocycles. The van der Waals surface area contributed by atoms with Gasteiger partial charge in [-0.3, -0.25) is 4.79 Å². The fraction of sp³-hybridized carbons (Fsp3) is 0.692. The van der Waals surface area contributed by atoms with Gasteiger partial charge in [-0.05, 0) is 36.8 Å².